The maximum Gasteiger partial charge on any atom is 0.160 e. The van der Waals surface area contributed by atoms with Crippen molar-refractivity contribution in [1.82, 2.24) is 19.9 Å². The Labute approximate surface area is 134 Å². The zero-order chi connectivity index (χ0) is 15.6. The fraction of sp³-hybridized carbons (Fsp3) is 0.158. The van der Waals surface area contributed by atoms with Gasteiger partial charge in [0.15, 0.2) is 11.5 Å². The molecule has 0 amide bonds. The summed E-state index contributed by atoms with van der Waals surface area (Å²) in [6.07, 6.45) is 1.99. The molecule has 0 aliphatic carbocycles. The van der Waals surface area contributed by atoms with E-state index >= 15 is 0 Å². The van der Waals surface area contributed by atoms with E-state index in [1.807, 2.05) is 28.8 Å². The molecule has 0 radical (unpaired) electrons. The van der Waals surface area contributed by atoms with Crippen molar-refractivity contribution in [1.29, 1.82) is 0 Å². The molecule has 0 spiro atoms. The number of benzene rings is 2. The summed E-state index contributed by atoms with van der Waals surface area (Å²) in [7, 11) is 0. The van der Waals surface area contributed by atoms with Gasteiger partial charge in [-0.3, -0.25) is 4.40 Å². The zero-order valence-corrected chi connectivity index (χ0v) is 13.0. The van der Waals surface area contributed by atoms with E-state index in [0.717, 1.165) is 11.5 Å². The van der Waals surface area contributed by atoms with Crippen LogP contribution in [0.2, 0.25) is 0 Å². The number of rotatable bonds is 4. The van der Waals surface area contributed by atoms with E-state index in [0.29, 0.717) is 6.54 Å². The van der Waals surface area contributed by atoms with Crippen LogP contribution in [0, 0.1) is 0 Å². The van der Waals surface area contributed by atoms with Gasteiger partial charge in [-0.05, 0) is 35.4 Å². The Morgan fingerprint density at radius 3 is 2.74 bits per heavy atom. The maximum absolute atomic E-state index is 4.27. The molecule has 4 heteroatoms. The third kappa shape index (κ3) is 2.58. The monoisotopic (exact) mass is 302 g/mol. The van der Waals surface area contributed by atoms with Gasteiger partial charge in [0.1, 0.15) is 0 Å². The fourth-order valence-corrected chi connectivity index (χ4v) is 2.99. The Bertz CT molecular complexity index is 952. The topological polar surface area (TPSA) is 42.2 Å². The molecule has 0 aliphatic heterocycles. The van der Waals surface area contributed by atoms with Crippen molar-refractivity contribution in [3.63, 3.8) is 0 Å². The second-order valence-electron chi connectivity index (χ2n) is 5.72. The summed E-state index contributed by atoms with van der Waals surface area (Å²) in [6, 6.07) is 21.1. The van der Waals surface area contributed by atoms with Gasteiger partial charge in [-0.2, -0.15) is 0 Å². The summed E-state index contributed by atoms with van der Waals surface area (Å²) in [5.41, 5.74) is 2.18. The van der Waals surface area contributed by atoms with Crippen molar-refractivity contribution in [3.05, 3.63) is 78.2 Å². The first-order valence-corrected chi connectivity index (χ1v) is 7.82. The Morgan fingerprint density at radius 2 is 1.78 bits per heavy atom. The average Bonchev–Trinajstić information content (AvgIpc) is 3.02. The van der Waals surface area contributed by atoms with Crippen LogP contribution in [0.25, 0.3) is 16.4 Å². The van der Waals surface area contributed by atoms with Crippen molar-refractivity contribution in [2.75, 3.05) is 0 Å². The minimum absolute atomic E-state index is 0.233. The van der Waals surface area contributed by atoms with Crippen molar-refractivity contribution >= 4 is 16.4 Å². The number of hydrogen-bond donors (Lipinski definition) is 1. The minimum Gasteiger partial charge on any atom is -0.303 e. The van der Waals surface area contributed by atoms with E-state index in [1.54, 1.807) is 0 Å². The Balaban J connectivity index is 1.59. The Kier molecular flexibility index (Phi) is 3.52. The van der Waals surface area contributed by atoms with E-state index < -0.39 is 0 Å². The molecule has 23 heavy (non-hydrogen) atoms. The number of fused-ring (bicyclic) bond motifs is 2. The molecular formula is C19H18N4. The first kappa shape index (κ1) is 13.9. The molecule has 4 nitrogen and oxygen atoms in total. The van der Waals surface area contributed by atoms with Crippen LogP contribution in [0.4, 0.5) is 0 Å². The number of nitrogens with zero attached hydrogens (tertiary/aromatic N) is 3. The number of nitrogens with one attached hydrogen (secondary N) is 1. The summed E-state index contributed by atoms with van der Waals surface area (Å²) in [4.78, 5) is 0. The summed E-state index contributed by atoms with van der Waals surface area (Å²) in [5, 5.41) is 14.6. The van der Waals surface area contributed by atoms with E-state index in [1.165, 1.54) is 16.3 Å². The van der Waals surface area contributed by atoms with Crippen LogP contribution in [0.5, 0.6) is 0 Å². The maximum atomic E-state index is 4.27. The van der Waals surface area contributed by atoms with E-state index in [9.17, 15) is 0 Å². The molecular weight excluding hydrogens is 284 g/mol. The normalized spacial score (nSPS) is 12.7. The molecule has 4 aromatic rings. The predicted octanol–water partition coefficient (Wildman–Crippen LogP) is 3.73. The van der Waals surface area contributed by atoms with Crippen LogP contribution in [0.15, 0.2) is 66.9 Å². The van der Waals surface area contributed by atoms with Gasteiger partial charge in [0, 0.05) is 12.2 Å². The molecule has 2 aromatic heterocycles. The summed E-state index contributed by atoms with van der Waals surface area (Å²) in [5.74, 6) is 0.924. The Morgan fingerprint density at radius 1 is 0.957 bits per heavy atom. The van der Waals surface area contributed by atoms with Crippen LogP contribution in [0.3, 0.4) is 0 Å². The van der Waals surface area contributed by atoms with E-state index in [-0.39, 0.29) is 6.04 Å². The molecule has 0 unspecified atom stereocenters. The van der Waals surface area contributed by atoms with Gasteiger partial charge >= 0.3 is 0 Å². The average molecular weight is 302 g/mol. The van der Waals surface area contributed by atoms with Gasteiger partial charge in [0.05, 0.1) is 6.54 Å². The van der Waals surface area contributed by atoms with E-state index in [2.05, 4.69) is 64.9 Å². The van der Waals surface area contributed by atoms with Gasteiger partial charge in [0.2, 0.25) is 0 Å². The highest BCUT2D eigenvalue weighted by Crippen LogP contribution is 2.24. The second kappa shape index (κ2) is 5.82. The quantitative estimate of drug-likeness (QED) is 0.624. The lowest BCUT2D eigenvalue weighted by Crippen LogP contribution is -2.19. The lowest BCUT2D eigenvalue weighted by atomic mass is 10.00. The van der Waals surface area contributed by atoms with Crippen LogP contribution in [-0.4, -0.2) is 14.6 Å². The van der Waals surface area contributed by atoms with Gasteiger partial charge in [-0.15, -0.1) is 10.2 Å². The largest absolute Gasteiger partial charge is 0.303 e. The van der Waals surface area contributed by atoms with Crippen molar-refractivity contribution in [3.8, 4) is 0 Å². The first-order valence-electron chi connectivity index (χ1n) is 7.82. The molecule has 0 saturated heterocycles. The van der Waals surface area contributed by atoms with Gasteiger partial charge in [-0.25, -0.2) is 0 Å². The minimum atomic E-state index is 0.233. The molecule has 4 rings (SSSR count). The molecule has 0 fully saturated rings. The number of pyridine rings is 1. The van der Waals surface area contributed by atoms with Crippen LogP contribution in [0.1, 0.15) is 24.4 Å². The third-order valence-electron chi connectivity index (χ3n) is 4.24. The van der Waals surface area contributed by atoms with Gasteiger partial charge in [-0.1, -0.05) is 48.5 Å². The third-order valence-corrected chi connectivity index (χ3v) is 4.24. The van der Waals surface area contributed by atoms with Crippen LogP contribution < -0.4 is 5.32 Å². The van der Waals surface area contributed by atoms with E-state index in [4.69, 9.17) is 0 Å². The molecule has 1 N–H and O–H groups in total. The first-order chi connectivity index (χ1) is 11.3. The van der Waals surface area contributed by atoms with Gasteiger partial charge < -0.3 is 5.32 Å². The number of aromatic nitrogens is 3. The van der Waals surface area contributed by atoms with Crippen molar-refractivity contribution in [2.45, 2.75) is 19.5 Å². The summed E-state index contributed by atoms with van der Waals surface area (Å²) >= 11 is 0. The molecule has 2 heterocycles. The van der Waals surface area contributed by atoms with Crippen LogP contribution in [-0.2, 0) is 6.54 Å². The Hall–Kier alpha value is -2.72. The van der Waals surface area contributed by atoms with Crippen LogP contribution >= 0.6 is 0 Å². The smallest absolute Gasteiger partial charge is 0.160 e. The fourth-order valence-electron chi connectivity index (χ4n) is 2.99. The summed E-state index contributed by atoms with van der Waals surface area (Å²) in [6.45, 7) is 2.86. The van der Waals surface area contributed by atoms with Crippen molar-refractivity contribution in [2.24, 2.45) is 0 Å². The highest BCUT2D eigenvalue weighted by Gasteiger charge is 2.10. The lowest BCUT2D eigenvalue weighted by Gasteiger charge is -2.16. The molecule has 114 valence electrons. The molecule has 1 atom stereocenters. The predicted molar refractivity (Wildman–Crippen MR) is 92.2 cm³/mol. The highest BCUT2D eigenvalue weighted by molar-refractivity contribution is 5.86. The molecule has 0 bridgehead atoms. The number of hydrogen-bond acceptors (Lipinski definition) is 3. The zero-order valence-electron chi connectivity index (χ0n) is 13.0. The second-order valence-corrected chi connectivity index (χ2v) is 5.72. The summed E-state index contributed by atoms with van der Waals surface area (Å²) < 4.78 is 2.02. The highest BCUT2D eigenvalue weighted by atomic mass is 15.3. The SMILES string of the molecule is C[C@H](NCc1nnc2ccccn12)c1cccc2ccccc12. The standard InChI is InChI=1S/C19H18N4/c1-14(16-10-6-8-15-7-2-3-9-17(15)16)20-13-19-22-21-18-11-4-5-12-23(18)19/h2-12,14,20H,13H2,1H3/t14-/m0/s1. The van der Waals surface area contributed by atoms with Gasteiger partial charge in [0.25, 0.3) is 0 Å². The van der Waals surface area contributed by atoms with Crippen molar-refractivity contribution < 1.29 is 0 Å². The lowest BCUT2D eigenvalue weighted by molar-refractivity contribution is 0.559. The molecule has 0 saturated carbocycles. The molecule has 2 aromatic carbocycles. The molecule has 0 aliphatic rings.